The van der Waals surface area contributed by atoms with Gasteiger partial charge in [-0.15, -0.1) is 0 Å². The van der Waals surface area contributed by atoms with Crippen LogP contribution in [0.15, 0.2) is 47.4 Å². The lowest BCUT2D eigenvalue weighted by Gasteiger charge is -2.30. The summed E-state index contributed by atoms with van der Waals surface area (Å²) < 4.78 is 29.7. The van der Waals surface area contributed by atoms with Gasteiger partial charge in [0.05, 0.1) is 30.0 Å². The van der Waals surface area contributed by atoms with Crippen LogP contribution in [0.2, 0.25) is 0 Å². The molecule has 0 radical (unpaired) electrons. The highest BCUT2D eigenvalue weighted by atomic mass is 19.1. The van der Waals surface area contributed by atoms with Crippen molar-refractivity contribution >= 4 is 39.0 Å². The molecule has 2 fully saturated rings. The molecular formula is C31H33FN6O4. The van der Waals surface area contributed by atoms with Crippen molar-refractivity contribution in [1.29, 1.82) is 0 Å². The Kier molecular flexibility index (Phi) is 6.72. The van der Waals surface area contributed by atoms with E-state index in [4.69, 9.17) is 20.9 Å². The Labute approximate surface area is 241 Å². The van der Waals surface area contributed by atoms with Crippen LogP contribution in [0.3, 0.4) is 0 Å². The van der Waals surface area contributed by atoms with Gasteiger partial charge in [-0.2, -0.15) is 0 Å². The van der Waals surface area contributed by atoms with E-state index in [1.807, 2.05) is 41.3 Å². The van der Waals surface area contributed by atoms with E-state index in [1.54, 1.807) is 4.57 Å². The summed E-state index contributed by atoms with van der Waals surface area (Å²) in [4.78, 5) is 31.4. The standard InChI is InChI=1S/C31H33FN6O4/c32-25-26(34)24-27-30(28(25)37-9-6-20(33)16-37)42-23-15-19-5-2-1-4-18(19)14-22(23)38(27)17-21(29(24)39)31(40)35-7-3-8-36-10-12-41-13-11-36/h1-2,4-5,14-15,17,20H,3,6-13,16,33-34H2,(H,35,40). The summed E-state index contributed by atoms with van der Waals surface area (Å²) in [5.41, 5.74) is 12.6. The van der Waals surface area contributed by atoms with Crippen LogP contribution >= 0.6 is 0 Å². The molecule has 1 aromatic heterocycles. The van der Waals surface area contributed by atoms with Crippen LogP contribution in [0.4, 0.5) is 15.8 Å². The zero-order chi connectivity index (χ0) is 29.0. The van der Waals surface area contributed by atoms with Gasteiger partial charge in [0, 0.05) is 45.0 Å². The minimum atomic E-state index is -0.748. The number of fused-ring (bicyclic) bond motifs is 3. The second-order valence-electron chi connectivity index (χ2n) is 11.2. The number of aromatic nitrogens is 1. The Bertz CT molecular complexity index is 1780. The van der Waals surface area contributed by atoms with Crippen molar-refractivity contribution in [3.05, 3.63) is 64.2 Å². The molecule has 0 spiro atoms. The lowest BCUT2D eigenvalue weighted by atomic mass is 10.0. The fourth-order valence-electron chi connectivity index (χ4n) is 6.27. The molecule has 1 unspecified atom stereocenters. The summed E-state index contributed by atoms with van der Waals surface area (Å²) in [6.45, 7) is 5.29. The van der Waals surface area contributed by atoms with Gasteiger partial charge >= 0.3 is 0 Å². The van der Waals surface area contributed by atoms with Crippen LogP contribution in [0.1, 0.15) is 23.2 Å². The number of nitrogens with two attached hydrogens (primary N) is 2. The summed E-state index contributed by atoms with van der Waals surface area (Å²) in [6, 6.07) is 11.5. The van der Waals surface area contributed by atoms with Crippen LogP contribution in [-0.4, -0.2) is 73.9 Å². The Morgan fingerprint density at radius 2 is 1.88 bits per heavy atom. The molecule has 11 heteroatoms. The zero-order valence-electron chi connectivity index (χ0n) is 23.2. The summed E-state index contributed by atoms with van der Waals surface area (Å²) >= 11 is 0. The smallest absolute Gasteiger partial charge is 0.256 e. The average Bonchev–Trinajstić information content (AvgIpc) is 3.43. The molecule has 4 heterocycles. The Hall–Kier alpha value is -4.19. The minimum absolute atomic E-state index is 0.0745. The number of pyridine rings is 1. The van der Waals surface area contributed by atoms with Crippen molar-refractivity contribution < 1.29 is 18.7 Å². The minimum Gasteiger partial charge on any atom is -0.451 e. The highest BCUT2D eigenvalue weighted by Crippen LogP contribution is 2.50. The van der Waals surface area contributed by atoms with Gasteiger partial charge in [0.1, 0.15) is 16.8 Å². The van der Waals surface area contributed by atoms with E-state index in [0.29, 0.717) is 56.2 Å². The molecule has 0 saturated carbocycles. The fraction of sp³-hybridized carbons (Fsp3) is 0.355. The summed E-state index contributed by atoms with van der Waals surface area (Å²) in [5.74, 6) is -0.597. The van der Waals surface area contributed by atoms with Gasteiger partial charge in [-0.25, -0.2) is 4.39 Å². The number of carbonyl (C=O) groups excluding carboxylic acids is 1. The van der Waals surface area contributed by atoms with Gasteiger partial charge in [-0.3, -0.25) is 14.5 Å². The van der Waals surface area contributed by atoms with E-state index in [9.17, 15) is 9.59 Å². The highest BCUT2D eigenvalue weighted by molar-refractivity contribution is 6.06. The van der Waals surface area contributed by atoms with Gasteiger partial charge in [-0.05, 0) is 42.3 Å². The monoisotopic (exact) mass is 572 g/mol. The van der Waals surface area contributed by atoms with Crippen molar-refractivity contribution in [2.75, 3.05) is 63.1 Å². The SMILES string of the molecule is Nc1c(F)c(N2CCC(N)C2)c2c3c1c(=O)c(C(=O)NCCCN1CCOCC1)cn3-c1cc3ccccc3cc1O2. The highest BCUT2D eigenvalue weighted by Gasteiger charge is 2.35. The molecule has 5 N–H and O–H groups in total. The van der Waals surface area contributed by atoms with Crippen LogP contribution in [0.5, 0.6) is 11.5 Å². The van der Waals surface area contributed by atoms with E-state index in [2.05, 4.69) is 10.2 Å². The maximum Gasteiger partial charge on any atom is 0.256 e. The number of nitrogens with one attached hydrogen (secondary N) is 1. The number of amides is 1. The topological polar surface area (TPSA) is 128 Å². The fourth-order valence-corrected chi connectivity index (χ4v) is 6.27. The van der Waals surface area contributed by atoms with Gasteiger partial charge in [-0.1, -0.05) is 24.3 Å². The van der Waals surface area contributed by atoms with Crippen LogP contribution in [-0.2, 0) is 4.74 Å². The van der Waals surface area contributed by atoms with Crippen molar-refractivity contribution in [3.63, 3.8) is 0 Å². The van der Waals surface area contributed by atoms with Crippen LogP contribution < -0.4 is 31.8 Å². The van der Waals surface area contributed by atoms with E-state index >= 15 is 4.39 Å². The molecule has 3 aliphatic rings. The van der Waals surface area contributed by atoms with Gasteiger partial charge in [0.2, 0.25) is 5.43 Å². The first-order valence-corrected chi connectivity index (χ1v) is 14.4. The normalized spacial score (nSPS) is 18.3. The third-order valence-corrected chi connectivity index (χ3v) is 8.48. The first-order chi connectivity index (χ1) is 20.4. The lowest BCUT2D eigenvalue weighted by Crippen LogP contribution is -2.38. The third-order valence-electron chi connectivity index (χ3n) is 8.48. The maximum absolute atomic E-state index is 16.1. The quantitative estimate of drug-likeness (QED) is 0.209. The van der Waals surface area contributed by atoms with E-state index in [-0.39, 0.29) is 34.1 Å². The average molecular weight is 573 g/mol. The number of hydrogen-bond acceptors (Lipinski definition) is 8. The Balaban J connectivity index is 1.35. The van der Waals surface area contributed by atoms with Gasteiger partial charge in [0.25, 0.3) is 5.91 Å². The van der Waals surface area contributed by atoms with Crippen LogP contribution in [0.25, 0.3) is 27.4 Å². The summed E-state index contributed by atoms with van der Waals surface area (Å²) in [6.07, 6.45) is 2.94. The molecular weight excluding hydrogens is 539 g/mol. The zero-order valence-corrected chi connectivity index (χ0v) is 23.2. The Morgan fingerprint density at radius 3 is 2.62 bits per heavy atom. The summed E-state index contributed by atoms with van der Waals surface area (Å²) in [5, 5.41) is 4.69. The molecule has 0 bridgehead atoms. The second kappa shape index (κ2) is 10.6. The number of carbonyl (C=O) groups is 1. The van der Waals surface area contributed by atoms with Crippen molar-refractivity contribution in [2.24, 2.45) is 5.73 Å². The third kappa shape index (κ3) is 4.44. The van der Waals surface area contributed by atoms with Crippen molar-refractivity contribution in [1.82, 2.24) is 14.8 Å². The number of rotatable bonds is 6. The molecule has 4 aromatic rings. The molecule has 3 aliphatic heterocycles. The number of nitrogen functional groups attached to an aromatic ring is 1. The maximum atomic E-state index is 16.1. The largest absolute Gasteiger partial charge is 0.451 e. The van der Waals surface area contributed by atoms with E-state index < -0.39 is 17.2 Å². The van der Waals surface area contributed by atoms with E-state index in [0.717, 1.165) is 36.8 Å². The lowest BCUT2D eigenvalue weighted by molar-refractivity contribution is 0.0374. The molecule has 3 aromatic carbocycles. The van der Waals surface area contributed by atoms with E-state index in [1.165, 1.54) is 6.20 Å². The number of morpholine rings is 1. The molecule has 1 amide bonds. The van der Waals surface area contributed by atoms with Crippen molar-refractivity contribution in [2.45, 2.75) is 18.9 Å². The van der Waals surface area contributed by atoms with Crippen molar-refractivity contribution in [3.8, 4) is 17.2 Å². The van der Waals surface area contributed by atoms with Crippen LogP contribution in [0, 0.1) is 5.82 Å². The predicted molar refractivity (Wildman–Crippen MR) is 161 cm³/mol. The predicted octanol–water partition coefficient (Wildman–Crippen LogP) is 2.96. The molecule has 0 aliphatic carbocycles. The molecule has 1 atom stereocenters. The molecule has 2 saturated heterocycles. The number of nitrogens with zero attached hydrogens (tertiary/aromatic N) is 3. The summed E-state index contributed by atoms with van der Waals surface area (Å²) in [7, 11) is 0. The molecule has 218 valence electrons. The van der Waals surface area contributed by atoms with Gasteiger partial charge < -0.3 is 35.7 Å². The first kappa shape index (κ1) is 26.7. The first-order valence-electron chi connectivity index (χ1n) is 14.4. The molecule has 10 nitrogen and oxygen atoms in total. The number of anilines is 2. The molecule has 42 heavy (non-hydrogen) atoms. The second-order valence-corrected chi connectivity index (χ2v) is 11.2. The molecule has 7 rings (SSSR count). The number of benzene rings is 3. The van der Waals surface area contributed by atoms with Gasteiger partial charge in [0.15, 0.2) is 17.3 Å². The number of halogens is 1. The number of ether oxygens (including phenoxy) is 2. The Morgan fingerprint density at radius 1 is 1.12 bits per heavy atom. The number of hydrogen-bond donors (Lipinski definition) is 3.